The summed E-state index contributed by atoms with van der Waals surface area (Å²) in [6.45, 7) is 6.80. The molecule has 0 radical (unpaired) electrons. The largest absolute Gasteiger partial charge is 0.379 e. The number of thioether (sulfide) groups is 1. The van der Waals surface area contributed by atoms with Crippen LogP contribution in [0.15, 0.2) is 0 Å². The predicted molar refractivity (Wildman–Crippen MR) is 104 cm³/mol. The van der Waals surface area contributed by atoms with Crippen LogP contribution in [0.4, 0.5) is 0 Å². The van der Waals surface area contributed by atoms with Gasteiger partial charge in [0.05, 0.1) is 18.6 Å². The van der Waals surface area contributed by atoms with Crippen molar-refractivity contribution < 1.29 is 14.3 Å². The van der Waals surface area contributed by atoms with Crippen LogP contribution in [0.5, 0.6) is 0 Å². The van der Waals surface area contributed by atoms with Gasteiger partial charge in [0.25, 0.3) is 0 Å². The van der Waals surface area contributed by atoms with E-state index in [0.717, 1.165) is 38.6 Å². The fraction of sp³-hybridized carbons (Fsp3) is 0.895. The molecule has 1 saturated carbocycles. The second-order valence-electron chi connectivity index (χ2n) is 7.54. The minimum absolute atomic E-state index is 0.0193. The van der Waals surface area contributed by atoms with Crippen LogP contribution in [-0.4, -0.2) is 78.2 Å². The maximum absolute atomic E-state index is 12.8. The van der Waals surface area contributed by atoms with Gasteiger partial charge in [-0.25, -0.2) is 0 Å². The first-order chi connectivity index (χ1) is 12.7. The summed E-state index contributed by atoms with van der Waals surface area (Å²) < 4.78 is 5.35. The molecule has 3 aliphatic rings. The van der Waals surface area contributed by atoms with Crippen molar-refractivity contribution in [2.75, 3.05) is 45.1 Å². The second kappa shape index (κ2) is 9.95. The Labute approximate surface area is 161 Å². The van der Waals surface area contributed by atoms with E-state index in [9.17, 15) is 9.59 Å². The Bertz CT molecular complexity index is 479. The van der Waals surface area contributed by atoms with E-state index in [1.54, 1.807) is 0 Å². The van der Waals surface area contributed by atoms with Crippen LogP contribution >= 0.6 is 11.8 Å². The number of hydrogen-bond donors (Lipinski definition) is 1. The molecule has 26 heavy (non-hydrogen) atoms. The van der Waals surface area contributed by atoms with Gasteiger partial charge in [-0.05, 0) is 18.8 Å². The van der Waals surface area contributed by atoms with Crippen molar-refractivity contribution in [2.24, 2.45) is 5.92 Å². The van der Waals surface area contributed by atoms with Gasteiger partial charge in [-0.2, -0.15) is 0 Å². The number of nitrogens with zero attached hydrogens (tertiary/aromatic N) is 2. The Morgan fingerprint density at radius 3 is 2.58 bits per heavy atom. The molecule has 7 heteroatoms. The molecular formula is C19H33N3O3S. The van der Waals surface area contributed by atoms with Gasteiger partial charge >= 0.3 is 0 Å². The number of morpholine rings is 1. The highest BCUT2D eigenvalue weighted by Gasteiger charge is 2.44. The third-order valence-electron chi connectivity index (χ3n) is 5.81. The van der Waals surface area contributed by atoms with E-state index in [2.05, 4.69) is 10.2 Å². The standard InChI is InChI=1S/C19H33N3O3S/c1-2-17(23)22-16(14-26-19(22)15-6-4-3-5-7-15)18(24)20-8-9-21-10-12-25-13-11-21/h15-16,19H,2-14H2,1H3,(H,20,24). The summed E-state index contributed by atoms with van der Waals surface area (Å²) >= 11 is 1.82. The van der Waals surface area contributed by atoms with E-state index >= 15 is 0 Å². The monoisotopic (exact) mass is 383 g/mol. The Morgan fingerprint density at radius 2 is 1.88 bits per heavy atom. The maximum atomic E-state index is 12.8. The topological polar surface area (TPSA) is 61.9 Å². The first kappa shape index (κ1) is 20.0. The lowest BCUT2D eigenvalue weighted by atomic mass is 9.88. The molecule has 2 heterocycles. The molecular weight excluding hydrogens is 350 g/mol. The minimum atomic E-state index is -0.302. The average Bonchev–Trinajstić information content (AvgIpc) is 3.14. The Kier molecular flexibility index (Phi) is 7.64. The van der Waals surface area contributed by atoms with Crippen LogP contribution in [0.3, 0.4) is 0 Å². The van der Waals surface area contributed by atoms with E-state index in [-0.39, 0.29) is 23.2 Å². The highest BCUT2D eigenvalue weighted by Crippen LogP contribution is 2.40. The molecule has 2 saturated heterocycles. The SMILES string of the molecule is CCC(=O)N1C(C(=O)NCCN2CCOCC2)CSC1C1CCCCC1. The van der Waals surface area contributed by atoms with Gasteiger partial charge in [-0.3, -0.25) is 14.5 Å². The van der Waals surface area contributed by atoms with Crippen molar-refractivity contribution in [2.45, 2.75) is 56.9 Å². The fourth-order valence-corrected chi connectivity index (χ4v) is 5.95. The lowest BCUT2D eigenvalue weighted by molar-refractivity contribution is -0.140. The Hall–Kier alpha value is -0.790. The number of nitrogens with one attached hydrogen (secondary N) is 1. The van der Waals surface area contributed by atoms with E-state index in [1.165, 1.54) is 32.1 Å². The lowest BCUT2D eigenvalue weighted by Gasteiger charge is -2.35. The van der Waals surface area contributed by atoms with Crippen molar-refractivity contribution in [1.82, 2.24) is 15.1 Å². The zero-order valence-corrected chi connectivity index (χ0v) is 16.8. The van der Waals surface area contributed by atoms with Crippen LogP contribution in [0.2, 0.25) is 0 Å². The number of rotatable bonds is 6. The summed E-state index contributed by atoms with van der Waals surface area (Å²) in [7, 11) is 0. The minimum Gasteiger partial charge on any atom is -0.379 e. The number of carbonyl (C=O) groups excluding carboxylic acids is 2. The van der Waals surface area contributed by atoms with Gasteiger partial charge in [0.2, 0.25) is 11.8 Å². The third kappa shape index (κ3) is 4.93. The van der Waals surface area contributed by atoms with Crippen LogP contribution in [-0.2, 0) is 14.3 Å². The number of ether oxygens (including phenoxy) is 1. The van der Waals surface area contributed by atoms with Crippen molar-refractivity contribution in [3.05, 3.63) is 0 Å². The smallest absolute Gasteiger partial charge is 0.243 e. The average molecular weight is 384 g/mol. The second-order valence-corrected chi connectivity index (χ2v) is 8.69. The summed E-state index contributed by atoms with van der Waals surface area (Å²) in [5.41, 5.74) is 0. The molecule has 2 amide bonds. The molecule has 0 aromatic rings. The molecule has 0 aromatic carbocycles. The van der Waals surface area contributed by atoms with Crippen molar-refractivity contribution >= 4 is 23.6 Å². The van der Waals surface area contributed by atoms with Gasteiger partial charge in [0.1, 0.15) is 6.04 Å². The first-order valence-electron chi connectivity index (χ1n) is 10.2. The number of amides is 2. The van der Waals surface area contributed by atoms with Gasteiger partial charge in [0, 0.05) is 38.4 Å². The van der Waals surface area contributed by atoms with Crippen LogP contribution in [0.1, 0.15) is 45.4 Å². The molecule has 0 bridgehead atoms. The molecule has 6 nitrogen and oxygen atoms in total. The van der Waals surface area contributed by atoms with Gasteiger partial charge in [0.15, 0.2) is 0 Å². The van der Waals surface area contributed by atoms with Gasteiger partial charge in [-0.1, -0.05) is 26.2 Å². The van der Waals surface area contributed by atoms with Crippen LogP contribution in [0, 0.1) is 5.92 Å². The molecule has 3 fully saturated rings. The summed E-state index contributed by atoms with van der Waals surface area (Å²) in [5.74, 6) is 1.43. The van der Waals surface area contributed by atoms with Crippen molar-refractivity contribution in [3.63, 3.8) is 0 Å². The molecule has 2 aliphatic heterocycles. The Balaban J connectivity index is 1.54. The highest BCUT2D eigenvalue weighted by atomic mass is 32.2. The molecule has 1 aliphatic carbocycles. The van der Waals surface area contributed by atoms with Gasteiger partial charge < -0.3 is 15.0 Å². The first-order valence-corrected chi connectivity index (χ1v) is 11.3. The zero-order chi connectivity index (χ0) is 18.4. The lowest BCUT2D eigenvalue weighted by Crippen LogP contribution is -2.52. The predicted octanol–water partition coefficient (Wildman–Crippen LogP) is 1.70. The van der Waals surface area contributed by atoms with E-state index in [0.29, 0.717) is 18.9 Å². The highest BCUT2D eigenvalue weighted by molar-refractivity contribution is 8.00. The summed E-state index contributed by atoms with van der Waals surface area (Å²) in [6.07, 6.45) is 6.67. The van der Waals surface area contributed by atoms with Crippen molar-refractivity contribution in [3.8, 4) is 0 Å². The summed E-state index contributed by atoms with van der Waals surface area (Å²) in [5, 5.41) is 3.27. The molecule has 0 aromatic heterocycles. The molecule has 2 unspecified atom stereocenters. The molecule has 0 spiro atoms. The fourth-order valence-electron chi connectivity index (χ4n) is 4.29. The molecule has 3 rings (SSSR count). The number of hydrogen-bond acceptors (Lipinski definition) is 5. The normalized spacial score (nSPS) is 28.3. The van der Waals surface area contributed by atoms with Gasteiger partial charge in [-0.15, -0.1) is 11.8 Å². The van der Waals surface area contributed by atoms with Crippen molar-refractivity contribution in [1.29, 1.82) is 0 Å². The van der Waals surface area contributed by atoms with E-state index in [1.807, 2.05) is 23.6 Å². The molecule has 1 N–H and O–H groups in total. The quantitative estimate of drug-likeness (QED) is 0.756. The van der Waals surface area contributed by atoms with E-state index < -0.39 is 0 Å². The summed E-state index contributed by atoms with van der Waals surface area (Å²) in [4.78, 5) is 29.6. The molecule has 2 atom stereocenters. The number of carbonyl (C=O) groups is 2. The maximum Gasteiger partial charge on any atom is 0.243 e. The molecule has 148 valence electrons. The van der Waals surface area contributed by atoms with Crippen LogP contribution < -0.4 is 5.32 Å². The third-order valence-corrected chi connectivity index (χ3v) is 7.27. The van der Waals surface area contributed by atoms with Crippen LogP contribution in [0.25, 0.3) is 0 Å². The Morgan fingerprint density at radius 1 is 1.15 bits per heavy atom. The summed E-state index contributed by atoms with van der Waals surface area (Å²) in [6, 6.07) is -0.302. The van der Waals surface area contributed by atoms with E-state index in [4.69, 9.17) is 4.74 Å². The zero-order valence-electron chi connectivity index (χ0n) is 16.0.